The van der Waals surface area contributed by atoms with Gasteiger partial charge in [0.1, 0.15) is 0 Å². The van der Waals surface area contributed by atoms with Gasteiger partial charge in [-0.25, -0.2) is 13.6 Å². The van der Waals surface area contributed by atoms with E-state index in [9.17, 15) is 18.8 Å². The Bertz CT molecular complexity index is 521. The SMILES string of the molecule is N#CC1(c2ccc(C(=O)O)cc2)CCC(F)(F)CC1. The molecule has 0 aromatic heterocycles. The molecule has 3 nitrogen and oxygen atoms in total. The summed E-state index contributed by atoms with van der Waals surface area (Å²) in [5, 5.41) is 18.1. The quantitative estimate of drug-likeness (QED) is 0.891. The van der Waals surface area contributed by atoms with Crippen LogP contribution in [0.3, 0.4) is 0 Å². The smallest absolute Gasteiger partial charge is 0.335 e. The number of aromatic carboxylic acids is 1. The molecule has 100 valence electrons. The highest BCUT2D eigenvalue weighted by atomic mass is 19.3. The number of carboxylic acid groups (broad SMARTS) is 1. The Morgan fingerprint density at radius 2 is 1.68 bits per heavy atom. The lowest BCUT2D eigenvalue weighted by Crippen LogP contribution is -2.35. The van der Waals surface area contributed by atoms with Crippen molar-refractivity contribution in [3.8, 4) is 6.07 Å². The molecule has 0 aliphatic heterocycles. The molecule has 0 unspecified atom stereocenters. The Labute approximate surface area is 109 Å². The van der Waals surface area contributed by atoms with Crippen LogP contribution in [-0.4, -0.2) is 17.0 Å². The molecule has 1 aliphatic rings. The summed E-state index contributed by atoms with van der Waals surface area (Å²) in [5.74, 6) is -3.74. The molecule has 0 bridgehead atoms. The number of hydrogen-bond acceptors (Lipinski definition) is 2. The first-order valence-corrected chi connectivity index (χ1v) is 6.01. The number of carbonyl (C=O) groups is 1. The van der Waals surface area contributed by atoms with Crippen molar-refractivity contribution in [3.63, 3.8) is 0 Å². The fraction of sp³-hybridized carbons (Fsp3) is 0.429. The van der Waals surface area contributed by atoms with Gasteiger partial charge in [0.2, 0.25) is 5.92 Å². The van der Waals surface area contributed by atoms with Crippen LogP contribution in [0.5, 0.6) is 0 Å². The van der Waals surface area contributed by atoms with Crippen molar-refractivity contribution in [2.75, 3.05) is 0 Å². The zero-order chi connectivity index (χ0) is 14.1. The zero-order valence-corrected chi connectivity index (χ0v) is 10.2. The second-order valence-corrected chi connectivity index (χ2v) is 4.93. The van der Waals surface area contributed by atoms with Crippen LogP contribution >= 0.6 is 0 Å². The topological polar surface area (TPSA) is 61.1 Å². The van der Waals surface area contributed by atoms with Crippen LogP contribution in [0.2, 0.25) is 0 Å². The lowest BCUT2D eigenvalue weighted by Gasteiger charge is -2.35. The van der Waals surface area contributed by atoms with E-state index in [0.29, 0.717) is 5.56 Å². The number of nitriles is 1. The molecular weight excluding hydrogens is 252 g/mol. The van der Waals surface area contributed by atoms with E-state index in [-0.39, 0.29) is 31.2 Å². The van der Waals surface area contributed by atoms with Crippen molar-refractivity contribution in [1.29, 1.82) is 5.26 Å². The second kappa shape index (κ2) is 4.61. The molecular formula is C14H13F2NO2. The number of carboxylic acids is 1. The molecule has 1 saturated carbocycles. The number of rotatable bonds is 2. The van der Waals surface area contributed by atoms with E-state index < -0.39 is 17.3 Å². The van der Waals surface area contributed by atoms with E-state index in [0.717, 1.165) is 0 Å². The third-order valence-electron chi connectivity index (χ3n) is 3.73. The molecule has 1 aromatic carbocycles. The molecule has 1 aliphatic carbocycles. The van der Waals surface area contributed by atoms with Crippen LogP contribution in [0.4, 0.5) is 8.78 Å². The van der Waals surface area contributed by atoms with Gasteiger partial charge in [0.05, 0.1) is 17.0 Å². The third kappa shape index (κ3) is 2.58. The van der Waals surface area contributed by atoms with Crippen molar-refractivity contribution < 1.29 is 18.7 Å². The summed E-state index contributed by atoms with van der Waals surface area (Å²) in [6.45, 7) is 0. The van der Waals surface area contributed by atoms with Crippen LogP contribution < -0.4 is 0 Å². The van der Waals surface area contributed by atoms with Crippen LogP contribution in [0.1, 0.15) is 41.6 Å². The highest BCUT2D eigenvalue weighted by Gasteiger charge is 2.44. The molecule has 2 rings (SSSR count). The van der Waals surface area contributed by atoms with Gasteiger partial charge in [0.25, 0.3) is 0 Å². The van der Waals surface area contributed by atoms with Crippen molar-refractivity contribution >= 4 is 5.97 Å². The summed E-state index contributed by atoms with van der Waals surface area (Å²) >= 11 is 0. The van der Waals surface area contributed by atoms with Gasteiger partial charge in [0, 0.05) is 12.8 Å². The van der Waals surface area contributed by atoms with Crippen LogP contribution in [0.25, 0.3) is 0 Å². The van der Waals surface area contributed by atoms with Gasteiger partial charge >= 0.3 is 5.97 Å². The number of halogens is 2. The maximum Gasteiger partial charge on any atom is 0.335 e. The fourth-order valence-corrected chi connectivity index (χ4v) is 2.44. The van der Waals surface area contributed by atoms with E-state index in [2.05, 4.69) is 6.07 Å². The summed E-state index contributed by atoms with van der Waals surface area (Å²) in [6, 6.07) is 8.06. The molecule has 5 heteroatoms. The number of alkyl halides is 2. The molecule has 1 fully saturated rings. The summed E-state index contributed by atoms with van der Waals surface area (Å²) < 4.78 is 26.4. The minimum Gasteiger partial charge on any atom is -0.478 e. The lowest BCUT2D eigenvalue weighted by molar-refractivity contribution is -0.0453. The van der Waals surface area contributed by atoms with Gasteiger partial charge in [-0.3, -0.25) is 0 Å². The van der Waals surface area contributed by atoms with Crippen LogP contribution in [-0.2, 0) is 5.41 Å². The Morgan fingerprint density at radius 1 is 1.16 bits per heavy atom. The fourth-order valence-electron chi connectivity index (χ4n) is 2.44. The van der Waals surface area contributed by atoms with Gasteiger partial charge in [-0.15, -0.1) is 0 Å². The summed E-state index contributed by atoms with van der Waals surface area (Å²) in [7, 11) is 0. The van der Waals surface area contributed by atoms with Gasteiger partial charge in [-0.1, -0.05) is 12.1 Å². The first-order valence-electron chi connectivity index (χ1n) is 6.01. The molecule has 1 N–H and O–H groups in total. The molecule has 0 spiro atoms. The van der Waals surface area contributed by atoms with Crippen molar-refractivity contribution in [3.05, 3.63) is 35.4 Å². The van der Waals surface area contributed by atoms with Gasteiger partial charge in [0.15, 0.2) is 0 Å². The summed E-state index contributed by atoms with van der Waals surface area (Å²) in [4.78, 5) is 10.8. The van der Waals surface area contributed by atoms with E-state index in [1.54, 1.807) is 12.1 Å². The van der Waals surface area contributed by atoms with Crippen LogP contribution in [0.15, 0.2) is 24.3 Å². The highest BCUT2D eigenvalue weighted by Crippen LogP contribution is 2.45. The normalized spacial score (nSPS) is 20.5. The minimum absolute atomic E-state index is 0.100. The zero-order valence-electron chi connectivity index (χ0n) is 10.2. The molecule has 0 heterocycles. The van der Waals surface area contributed by atoms with E-state index in [4.69, 9.17) is 5.11 Å². The predicted octanol–water partition coefficient (Wildman–Crippen LogP) is 3.36. The number of benzene rings is 1. The third-order valence-corrected chi connectivity index (χ3v) is 3.73. The molecule has 0 atom stereocenters. The maximum absolute atomic E-state index is 13.2. The molecule has 0 amide bonds. The average Bonchev–Trinajstić information content (AvgIpc) is 2.40. The van der Waals surface area contributed by atoms with Crippen molar-refractivity contribution in [2.45, 2.75) is 37.0 Å². The predicted molar refractivity (Wildman–Crippen MR) is 64.1 cm³/mol. The Balaban J connectivity index is 2.28. The maximum atomic E-state index is 13.2. The van der Waals surface area contributed by atoms with Gasteiger partial charge < -0.3 is 5.11 Å². The second-order valence-electron chi connectivity index (χ2n) is 4.93. The Kier molecular flexibility index (Phi) is 3.27. The number of nitrogens with zero attached hydrogens (tertiary/aromatic N) is 1. The first-order chi connectivity index (χ1) is 8.88. The molecule has 1 aromatic rings. The van der Waals surface area contributed by atoms with Gasteiger partial charge in [-0.2, -0.15) is 5.26 Å². The summed E-state index contributed by atoms with van der Waals surface area (Å²) in [6.07, 6.45) is -0.408. The van der Waals surface area contributed by atoms with Gasteiger partial charge in [-0.05, 0) is 30.5 Å². The van der Waals surface area contributed by atoms with Crippen LogP contribution in [0, 0.1) is 11.3 Å². The standard InChI is InChI=1S/C14H13F2NO2/c15-14(16)7-5-13(9-17,6-8-14)11-3-1-10(2-4-11)12(18)19/h1-4H,5-8H2,(H,18,19). The van der Waals surface area contributed by atoms with E-state index in [1.807, 2.05) is 0 Å². The van der Waals surface area contributed by atoms with E-state index in [1.165, 1.54) is 12.1 Å². The molecule has 19 heavy (non-hydrogen) atoms. The summed E-state index contributed by atoms with van der Waals surface area (Å²) in [5.41, 5.74) is -0.174. The monoisotopic (exact) mass is 265 g/mol. The first kappa shape index (κ1) is 13.5. The minimum atomic E-state index is -2.69. The lowest BCUT2D eigenvalue weighted by atomic mass is 9.69. The Morgan fingerprint density at radius 3 is 2.11 bits per heavy atom. The van der Waals surface area contributed by atoms with Crippen molar-refractivity contribution in [2.24, 2.45) is 0 Å². The van der Waals surface area contributed by atoms with Crippen molar-refractivity contribution in [1.82, 2.24) is 0 Å². The Hall–Kier alpha value is -1.96. The largest absolute Gasteiger partial charge is 0.478 e. The van der Waals surface area contributed by atoms with E-state index >= 15 is 0 Å². The number of hydrogen-bond donors (Lipinski definition) is 1. The molecule has 0 saturated heterocycles. The average molecular weight is 265 g/mol. The molecule has 0 radical (unpaired) electrons. The highest BCUT2D eigenvalue weighted by molar-refractivity contribution is 5.87.